The predicted octanol–water partition coefficient (Wildman–Crippen LogP) is 2.19. The SMILES string of the molecule is C[C@@H]1C[C@H]2CC(=O)C3CCCN4CCC[C@@]32C4(O)C1. The molecule has 3 nitrogen and oxygen atoms in total. The Morgan fingerprint density at radius 2 is 2.11 bits per heavy atom. The first-order chi connectivity index (χ1) is 9.08. The molecule has 0 radical (unpaired) electrons. The standard InChI is InChI=1S/C16H25NO2/c1-11-8-12-9-14(18)13-4-2-6-17-7-3-5-15(12,13)16(17,19)10-11/h11-13,19H,2-10H2,1H3/t11-,12+,13?,15+,16?/m1/s1. The number of aliphatic hydroxyl groups is 1. The topological polar surface area (TPSA) is 40.5 Å². The first-order valence-corrected chi connectivity index (χ1v) is 8.08. The molecule has 106 valence electrons. The van der Waals surface area contributed by atoms with Gasteiger partial charge >= 0.3 is 0 Å². The smallest absolute Gasteiger partial charge is 0.137 e. The van der Waals surface area contributed by atoms with E-state index < -0.39 is 5.72 Å². The van der Waals surface area contributed by atoms with Crippen LogP contribution in [0.3, 0.4) is 0 Å². The molecule has 3 unspecified atom stereocenters. The van der Waals surface area contributed by atoms with Gasteiger partial charge in [0.2, 0.25) is 0 Å². The number of hydrogen-bond acceptors (Lipinski definition) is 3. The molecule has 19 heavy (non-hydrogen) atoms. The van der Waals surface area contributed by atoms with E-state index in [2.05, 4.69) is 11.8 Å². The fourth-order valence-corrected chi connectivity index (χ4v) is 6.23. The van der Waals surface area contributed by atoms with Gasteiger partial charge in [-0.1, -0.05) is 6.92 Å². The van der Waals surface area contributed by atoms with Gasteiger partial charge in [-0.3, -0.25) is 9.69 Å². The monoisotopic (exact) mass is 263 g/mol. The molecule has 2 aliphatic carbocycles. The zero-order valence-corrected chi connectivity index (χ0v) is 11.9. The average molecular weight is 263 g/mol. The lowest BCUT2D eigenvalue weighted by Crippen LogP contribution is -2.68. The van der Waals surface area contributed by atoms with Crippen LogP contribution >= 0.6 is 0 Å². The highest BCUT2D eigenvalue weighted by molar-refractivity contribution is 5.85. The van der Waals surface area contributed by atoms with Gasteiger partial charge in [-0.2, -0.15) is 0 Å². The van der Waals surface area contributed by atoms with Crippen molar-refractivity contribution in [2.75, 3.05) is 13.1 Å². The van der Waals surface area contributed by atoms with Crippen LogP contribution in [0.4, 0.5) is 0 Å². The molecule has 0 aromatic rings. The number of ketones is 1. The first-order valence-electron chi connectivity index (χ1n) is 8.08. The van der Waals surface area contributed by atoms with Crippen LogP contribution in [0, 0.1) is 23.2 Å². The normalized spacial score (nSPS) is 56.6. The summed E-state index contributed by atoms with van der Waals surface area (Å²) in [6, 6.07) is 0. The Morgan fingerprint density at radius 3 is 2.95 bits per heavy atom. The lowest BCUT2D eigenvalue weighted by Gasteiger charge is -2.61. The molecule has 3 heteroatoms. The number of carbonyl (C=O) groups is 1. The van der Waals surface area contributed by atoms with E-state index in [1.807, 2.05) is 0 Å². The third-order valence-corrected chi connectivity index (χ3v) is 6.71. The highest BCUT2D eigenvalue weighted by atomic mass is 16.3. The minimum absolute atomic E-state index is 0.0919. The molecule has 0 amide bonds. The number of nitrogens with zero attached hydrogens (tertiary/aromatic N) is 1. The van der Waals surface area contributed by atoms with E-state index in [0.717, 1.165) is 58.0 Å². The fourth-order valence-electron chi connectivity index (χ4n) is 6.23. The van der Waals surface area contributed by atoms with Gasteiger partial charge in [-0.15, -0.1) is 0 Å². The van der Waals surface area contributed by atoms with Crippen LogP contribution in [0.1, 0.15) is 51.9 Å². The molecule has 1 spiro atoms. The van der Waals surface area contributed by atoms with Crippen LogP contribution in [0.2, 0.25) is 0 Å². The van der Waals surface area contributed by atoms with Crippen molar-refractivity contribution in [3.05, 3.63) is 0 Å². The van der Waals surface area contributed by atoms with E-state index in [4.69, 9.17) is 0 Å². The van der Waals surface area contributed by atoms with Crippen LogP contribution in [-0.4, -0.2) is 34.6 Å². The van der Waals surface area contributed by atoms with Crippen molar-refractivity contribution in [2.45, 2.75) is 57.6 Å². The van der Waals surface area contributed by atoms with E-state index in [1.54, 1.807) is 0 Å². The second-order valence-corrected chi connectivity index (χ2v) is 7.55. The maximum absolute atomic E-state index is 12.5. The van der Waals surface area contributed by atoms with Crippen molar-refractivity contribution in [3.8, 4) is 0 Å². The van der Waals surface area contributed by atoms with Crippen molar-refractivity contribution in [1.82, 2.24) is 4.90 Å². The van der Waals surface area contributed by atoms with Crippen molar-refractivity contribution in [1.29, 1.82) is 0 Å². The van der Waals surface area contributed by atoms with Crippen LogP contribution in [0.5, 0.6) is 0 Å². The molecule has 4 rings (SSSR count). The Hall–Kier alpha value is -0.410. The van der Waals surface area contributed by atoms with Gasteiger partial charge in [0.25, 0.3) is 0 Å². The summed E-state index contributed by atoms with van der Waals surface area (Å²) in [4.78, 5) is 14.9. The van der Waals surface area contributed by atoms with Crippen molar-refractivity contribution in [2.24, 2.45) is 23.2 Å². The van der Waals surface area contributed by atoms with Gasteiger partial charge in [0, 0.05) is 30.8 Å². The summed E-state index contributed by atoms with van der Waals surface area (Å²) in [5, 5.41) is 11.6. The number of hydrogen-bond donors (Lipinski definition) is 1. The minimum atomic E-state index is -0.680. The molecule has 4 aliphatic rings. The van der Waals surface area contributed by atoms with Gasteiger partial charge in [0.1, 0.15) is 11.5 Å². The lowest BCUT2D eigenvalue weighted by molar-refractivity contribution is -0.264. The van der Waals surface area contributed by atoms with Crippen LogP contribution in [-0.2, 0) is 4.79 Å². The summed E-state index contributed by atoms with van der Waals surface area (Å²) in [5.41, 5.74) is -0.772. The van der Waals surface area contributed by atoms with E-state index in [-0.39, 0.29) is 11.3 Å². The summed E-state index contributed by atoms with van der Waals surface area (Å²) >= 11 is 0. The number of carbonyl (C=O) groups excluding carboxylic acids is 1. The van der Waals surface area contributed by atoms with Crippen molar-refractivity contribution >= 4 is 5.78 Å². The maximum Gasteiger partial charge on any atom is 0.137 e. The lowest BCUT2D eigenvalue weighted by atomic mass is 9.53. The van der Waals surface area contributed by atoms with Crippen molar-refractivity contribution in [3.63, 3.8) is 0 Å². The first kappa shape index (κ1) is 12.3. The Labute approximate surface area is 115 Å². The highest BCUT2D eigenvalue weighted by Gasteiger charge is 2.69. The molecule has 0 aromatic carbocycles. The molecule has 2 heterocycles. The van der Waals surface area contributed by atoms with Crippen molar-refractivity contribution < 1.29 is 9.90 Å². The third-order valence-electron chi connectivity index (χ3n) is 6.71. The summed E-state index contributed by atoms with van der Waals surface area (Å²) in [7, 11) is 0. The molecule has 2 saturated carbocycles. The second kappa shape index (κ2) is 3.82. The molecule has 6 atom stereocenters. The van der Waals surface area contributed by atoms with Crippen LogP contribution in [0.25, 0.3) is 0 Å². The zero-order chi connectivity index (χ0) is 13.3. The van der Waals surface area contributed by atoms with E-state index in [0.29, 0.717) is 17.6 Å². The summed E-state index contributed by atoms with van der Waals surface area (Å²) in [6.07, 6.45) is 7.12. The molecular weight excluding hydrogens is 238 g/mol. The second-order valence-electron chi connectivity index (χ2n) is 7.55. The predicted molar refractivity (Wildman–Crippen MR) is 72.4 cm³/mol. The average Bonchev–Trinajstić information content (AvgIpc) is 2.59. The number of piperidine rings is 1. The fraction of sp³-hybridized carbons (Fsp3) is 0.938. The Bertz CT molecular complexity index is 423. The summed E-state index contributed by atoms with van der Waals surface area (Å²) in [5.74, 6) is 1.61. The molecule has 2 aliphatic heterocycles. The third kappa shape index (κ3) is 1.33. The Morgan fingerprint density at radius 1 is 1.32 bits per heavy atom. The molecular formula is C16H25NO2. The quantitative estimate of drug-likeness (QED) is 0.728. The minimum Gasteiger partial charge on any atom is -0.375 e. The van der Waals surface area contributed by atoms with Crippen LogP contribution in [0.15, 0.2) is 0 Å². The highest BCUT2D eigenvalue weighted by Crippen LogP contribution is 2.66. The maximum atomic E-state index is 12.5. The van der Waals surface area contributed by atoms with Crippen LogP contribution < -0.4 is 0 Å². The molecule has 1 N–H and O–H groups in total. The summed E-state index contributed by atoms with van der Waals surface area (Å²) in [6.45, 7) is 4.27. The van der Waals surface area contributed by atoms with Gasteiger partial charge in [0.05, 0.1) is 0 Å². The van der Waals surface area contributed by atoms with E-state index >= 15 is 0 Å². The van der Waals surface area contributed by atoms with Gasteiger partial charge in [-0.05, 0) is 50.4 Å². The molecule has 2 bridgehead atoms. The van der Waals surface area contributed by atoms with E-state index in [1.165, 1.54) is 0 Å². The summed E-state index contributed by atoms with van der Waals surface area (Å²) < 4.78 is 0. The number of rotatable bonds is 0. The largest absolute Gasteiger partial charge is 0.375 e. The molecule has 4 fully saturated rings. The zero-order valence-electron chi connectivity index (χ0n) is 11.9. The molecule has 2 saturated heterocycles. The molecule has 0 aromatic heterocycles. The van der Waals surface area contributed by atoms with Gasteiger partial charge < -0.3 is 5.11 Å². The van der Waals surface area contributed by atoms with E-state index in [9.17, 15) is 9.90 Å². The Kier molecular flexibility index (Phi) is 2.48. The van der Waals surface area contributed by atoms with Gasteiger partial charge in [-0.25, -0.2) is 0 Å². The van der Waals surface area contributed by atoms with Gasteiger partial charge in [0.15, 0.2) is 0 Å². The Balaban J connectivity index is 1.90. The number of Topliss-reactive ketones (excluding diaryl/α,β-unsaturated/α-hetero) is 1.